The Morgan fingerprint density at radius 1 is 0.803 bits per heavy atom. The highest BCUT2D eigenvalue weighted by Gasteiger charge is 2.19. The monoisotopic (exact) mass is 909 g/mol. The first-order valence-electron chi connectivity index (χ1n) is 18.1. The second-order valence-electron chi connectivity index (χ2n) is 13.5. The number of nitriles is 2. The standard InChI is InChI=1S/C21H21Cl2N5O4.C18H14Cl2N6O3/c1-4-32-20(30)9-19(29)18(10-24)27-25-13-7-16(22)15(17(23)8-13)6-12-5-14(11(2)3)21(31)28-26-12;1-8(2)11-3-9(23-24-16(11)27)4-12-13(19)5-10(6-14(12)20)26-18(29)22-17(28)15(7-21)25-26/h5,7-8,11,25H,4,6,9H2,1-3H3,(H,28,31);3,5-6,8H,4H2,1-2H3,(H,24,27)(H,22,28,29)/b27-18-;. The number of nitrogens with one attached hydrogen (secondary N) is 4. The number of hydrazone groups is 1. The summed E-state index contributed by atoms with van der Waals surface area (Å²) in [5.41, 5.74) is 3.33. The minimum atomic E-state index is -0.882. The number of Topliss-reactive ketones (excluding diaryl/α,β-unsaturated/α-hetero) is 1. The van der Waals surface area contributed by atoms with Crippen LogP contribution in [-0.4, -0.2) is 59.2 Å². The van der Waals surface area contributed by atoms with Crippen LogP contribution in [-0.2, 0) is 27.2 Å². The lowest BCUT2D eigenvalue weighted by atomic mass is 10.0. The minimum Gasteiger partial charge on any atom is -0.466 e. The van der Waals surface area contributed by atoms with Gasteiger partial charge in [0.05, 0.1) is 29.4 Å². The van der Waals surface area contributed by atoms with Crippen LogP contribution in [0.1, 0.15) is 92.2 Å². The van der Waals surface area contributed by atoms with Gasteiger partial charge in [0.2, 0.25) is 17.2 Å². The fourth-order valence-corrected chi connectivity index (χ4v) is 6.62. The maximum atomic E-state index is 12.0. The molecule has 0 radical (unpaired) electrons. The van der Waals surface area contributed by atoms with Crippen molar-refractivity contribution in [1.29, 1.82) is 10.5 Å². The third kappa shape index (κ3) is 12.3. The van der Waals surface area contributed by atoms with Gasteiger partial charge in [0.25, 0.3) is 16.7 Å². The van der Waals surface area contributed by atoms with Crippen LogP contribution < -0.4 is 27.8 Å². The number of rotatable bonds is 13. The van der Waals surface area contributed by atoms with Crippen molar-refractivity contribution in [3.8, 4) is 17.8 Å². The lowest BCUT2D eigenvalue weighted by Crippen LogP contribution is -2.33. The van der Waals surface area contributed by atoms with Gasteiger partial charge in [-0.05, 0) is 66.3 Å². The van der Waals surface area contributed by atoms with Crippen LogP contribution >= 0.6 is 46.4 Å². The van der Waals surface area contributed by atoms with Crippen molar-refractivity contribution >= 4 is 69.6 Å². The molecule has 316 valence electrons. The van der Waals surface area contributed by atoms with E-state index in [0.29, 0.717) is 49.4 Å². The molecule has 0 fully saturated rings. The van der Waals surface area contributed by atoms with Crippen LogP contribution in [0.4, 0.5) is 5.69 Å². The number of aromatic nitrogens is 7. The minimum absolute atomic E-state index is 0.0151. The molecule has 0 aliphatic heterocycles. The number of ether oxygens (including phenoxy) is 1. The molecule has 5 rings (SSSR count). The molecule has 0 spiro atoms. The number of ketones is 1. The average molecular weight is 912 g/mol. The molecule has 0 saturated carbocycles. The van der Waals surface area contributed by atoms with E-state index in [-0.39, 0.29) is 58.1 Å². The van der Waals surface area contributed by atoms with Crippen LogP contribution in [0.2, 0.25) is 20.1 Å². The number of carbonyl (C=O) groups is 2. The first kappa shape index (κ1) is 47.2. The first-order chi connectivity index (χ1) is 28.9. The van der Waals surface area contributed by atoms with Gasteiger partial charge in [-0.25, -0.2) is 15.0 Å². The summed E-state index contributed by atoms with van der Waals surface area (Å²) < 4.78 is 5.52. The number of hydrogen-bond acceptors (Lipinski definition) is 14. The van der Waals surface area contributed by atoms with Gasteiger partial charge < -0.3 is 4.74 Å². The molecule has 61 heavy (non-hydrogen) atoms. The van der Waals surface area contributed by atoms with Crippen molar-refractivity contribution in [3.05, 3.63) is 137 Å². The third-order valence-electron chi connectivity index (χ3n) is 8.45. The Kier molecular flexibility index (Phi) is 16.4. The Morgan fingerprint density at radius 3 is 1.74 bits per heavy atom. The summed E-state index contributed by atoms with van der Waals surface area (Å²) in [6.45, 7) is 9.34. The van der Waals surface area contributed by atoms with Crippen molar-refractivity contribution in [3.63, 3.8) is 0 Å². The molecule has 0 bridgehead atoms. The van der Waals surface area contributed by atoms with E-state index in [1.807, 2.05) is 32.7 Å². The van der Waals surface area contributed by atoms with E-state index in [0.717, 1.165) is 4.68 Å². The molecule has 0 amide bonds. The summed E-state index contributed by atoms with van der Waals surface area (Å²) in [7, 11) is 0. The second kappa shape index (κ2) is 21.2. The molecular weight excluding hydrogens is 876 g/mol. The van der Waals surface area contributed by atoms with E-state index >= 15 is 0 Å². The Labute approximate surface area is 366 Å². The summed E-state index contributed by atoms with van der Waals surface area (Å²) in [5, 5.41) is 39.6. The number of benzene rings is 2. The topological polar surface area (TPSA) is 275 Å². The highest BCUT2D eigenvalue weighted by molar-refractivity contribution is 6.48. The molecule has 0 saturated heterocycles. The largest absolute Gasteiger partial charge is 0.466 e. The Hall–Kier alpha value is -6.44. The van der Waals surface area contributed by atoms with Crippen LogP contribution in [0.3, 0.4) is 0 Å². The van der Waals surface area contributed by atoms with E-state index < -0.39 is 40.8 Å². The molecule has 2 aromatic carbocycles. The summed E-state index contributed by atoms with van der Waals surface area (Å²) in [4.78, 5) is 72.7. The van der Waals surface area contributed by atoms with Crippen LogP contribution in [0.15, 0.2) is 60.7 Å². The van der Waals surface area contributed by atoms with Crippen LogP contribution in [0.25, 0.3) is 5.69 Å². The van der Waals surface area contributed by atoms with Crippen molar-refractivity contribution < 1.29 is 14.3 Å². The highest BCUT2D eigenvalue weighted by Crippen LogP contribution is 2.32. The zero-order valence-corrected chi connectivity index (χ0v) is 36.0. The van der Waals surface area contributed by atoms with Gasteiger partial charge in [-0.15, -0.1) is 5.10 Å². The highest BCUT2D eigenvalue weighted by atomic mass is 35.5. The number of H-pyrrole nitrogens is 3. The number of hydrogen-bond donors (Lipinski definition) is 4. The third-order valence-corrected chi connectivity index (χ3v) is 9.80. The first-order valence-corrected chi connectivity index (χ1v) is 19.6. The van der Waals surface area contributed by atoms with Crippen molar-refractivity contribution in [2.24, 2.45) is 5.10 Å². The Bertz CT molecular complexity index is 2810. The average Bonchev–Trinajstić information content (AvgIpc) is 3.19. The second-order valence-corrected chi connectivity index (χ2v) is 15.1. The summed E-state index contributed by atoms with van der Waals surface area (Å²) in [6.07, 6.45) is -0.0715. The van der Waals surface area contributed by atoms with Gasteiger partial charge in [-0.3, -0.25) is 34.4 Å². The Balaban J connectivity index is 0.000000270. The molecule has 5 aromatic rings. The lowest BCUT2D eigenvalue weighted by molar-refractivity contribution is -0.144. The van der Waals surface area contributed by atoms with E-state index in [1.54, 1.807) is 31.2 Å². The summed E-state index contributed by atoms with van der Waals surface area (Å²) in [5.74, 6) is -1.48. The van der Waals surface area contributed by atoms with Crippen LogP contribution in [0.5, 0.6) is 0 Å². The van der Waals surface area contributed by atoms with Gasteiger partial charge in [0.1, 0.15) is 18.6 Å². The molecule has 4 N–H and O–H groups in total. The molecule has 18 nitrogen and oxygen atoms in total. The number of aromatic amines is 3. The van der Waals surface area contributed by atoms with E-state index in [4.69, 9.17) is 56.9 Å². The van der Waals surface area contributed by atoms with Crippen LogP contribution in [0, 0.1) is 22.7 Å². The zero-order valence-electron chi connectivity index (χ0n) is 32.9. The fourth-order valence-electron chi connectivity index (χ4n) is 5.39. The molecule has 3 heterocycles. The maximum Gasteiger partial charge on any atom is 0.349 e. The van der Waals surface area contributed by atoms with E-state index in [2.05, 4.69) is 40.8 Å². The van der Waals surface area contributed by atoms with Gasteiger partial charge in [0.15, 0.2) is 0 Å². The number of anilines is 1. The molecule has 0 aliphatic rings. The normalized spacial score (nSPS) is 11.1. The molecule has 0 atom stereocenters. The molecule has 22 heteroatoms. The smallest absolute Gasteiger partial charge is 0.349 e. The van der Waals surface area contributed by atoms with Gasteiger partial charge in [-0.2, -0.15) is 30.5 Å². The van der Waals surface area contributed by atoms with Crippen molar-refractivity contribution in [2.45, 2.75) is 65.7 Å². The van der Waals surface area contributed by atoms with E-state index in [9.17, 15) is 28.8 Å². The van der Waals surface area contributed by atoms with Crippen molar-refractivity contribution in [2.75, 3.05) is 12.0 Å². The maximum absolute atomic E-state index is 12.0. The zero-order chi connectivity index (χ0) is 45.1. The fraction of sp³-hybridized carbons (Fsp3) is 0.282. The van der Waals surface area contributed by atoms with Gasteiger partial charge in [0, 0.05) is 44.1 Å². The lowest BCUT2D eigenvalue weighted by Gasteiger charge is -2.11. The predicted molar refractivity (Wildman–Crippen MR) is 228 cm³/mol. The van der Waals surface area contributed by atoms with E-state index in [1.165, 1.54) is 24.3 Å². The molecular formula is C39H35Cl4N11O7. The SMILES string of the molecule is CC(C)c1cc(Cc2c(Cl)cc(-n3nc(C#N)c(=O)[nH]c3=O)cc2Cl)n[nH]c1=O.CCOC(=O)CC(=O)/C(C#N)=N\Nc1cc(Cl)c(Cc2cc(C(C)C)c(=O)[nH]n2)c(Cl)c1. The molecule has 0 aliphatic carbocycles. The number of nitrogens with zero attached hydrogens (tertiary/aromatic N) is 7. The number of esters is 1. The quantitative estimate of drug-likeness (QED) is 0.0492. The number of carbonyl (C=O) groups excluding carboxylic acids is 2. The summed E-state index contributed by atoms with van der Waals surface area (Å²) in [6, 6.07) is 12.6. The molecule has 0 unspecified atom stereocenters. The number of halogens is 4. The predicted octanol–water partition coefficient (Wildman–Crippen LogP) is 5.50. The van der Waals surface area contributed by atoms with Gasteiger partial charge >= 0.3 is 11.7 Å². The molecule has 3 aromatic heterocycles. The van der Waals surface area contributed by atoms with Crippen molar-refractivity contribution in [1.82, 2.24) is 35.2 Å². The summed E-state index contributed by atoms with van der Waals surface area (Å²) >= 11 is 25.5. The Morgan fingerprint density at radius 2 is 1.30 bits per heavy atom. The van der Waals surface area contributed by atoms with Gasteiger partial charge in [-0.1, -0.05) is 74.1 Å².